The highest BCUT2D eigenvalue weighted by Crippen LogP contribution is 2.48. The first-order valence-electron chi connectivity index (χ1n) is 8.17. The van der Waals surface area contributed by atoms with E-state index in [1.54, 1.807) is 0 Å². The van der Waals surface area contributed by atoms with Gasteiger partial charge in [-0.15, -0.1) is 0 Å². The van der Waals surface area contributed by atoms with Gasteiger partial charge in [-0.05, 0) is 19.1 Å². The summed E-state index contributed by atoms with van der Waals surface area (Å²) in [6.45, 7) is 1.36. The van der Waals surface area contributed by atoms with Gasteiger partial charge >= 0.3 is 5.97 Å². The van der Waals surface area contributed by atoms with E-state index in [1.807, 2.05) is 41.9 Å². The van der Waals surface area contributed by atoms with Crippen LogP contribution in [0.1, 0.15) is 15.9 Å². The normalized spacial score (nSPS) is 11.3. The molecule has 0 spiro atoms. The standard InChI is InChI=1S/C20H16N2O5/c1-9-13(20(26)27)14(18(24)19(25)17(9)23)15-16-11(7-8-21-15)10-5-3-4-6-12(10)22(16)2/h3-8,23-25H,1-2H3,(H,26,27). The van der Waals surface area contributed by atoms with Gasteiger partial charge in [0.2, 0.25) is 5.75 Å². The van der Waals surface area contributed by atoms with E-state index in [9.17, 15) is 25.2 Å². The van der Waals surface area contributed by atoms with E-state index >= 15 is 0 Å². The van der Waals surface area contributed by atoms with E-state index in [0.29, 0.717) is 5.52 Å². The van der Waals surface area contributed by atoms with E-state index in [-0.39, 0.29) is 22.4 Å². The molecule has 0 fully saturated rings. The molecule has 2 aromatic carbocycles. The number of pyridine rings is 1. The molecule has 4 N–H and O–H groups in total. The number of para-hydroxylation sites is 1. The molecule has 0 amide bonds. The summed E-state index contributed by atoms with van der Waals surface area (Å²) in [5.41, 5.74) is 1.24. The Balaban J connectivity index is 2.24. The predicted molar refractivity (Wildman–Crippen MR) is 100 cm³/mol. The minimum Gasteiger partial charge on any atom is -0.504 e. The third kappa shape index (κ3) is 2.15. The van der Waals surface area contributed by atoms with Crippen LogP contribution in [0.25, 0.3) is 33.1 Å². The number of phenolic OH excluding ortho intramolecular Hbond substituents is 3. The van der Waals surface area contributed by atoms with Gasteiger partial charge in [0.25, 0.3) is 0 Å². The van der Waals surface area contributed by atoms with Gasteiger partial charge in [-0.2, -0.15) is 0 Å². The van der Waals surface area contributed by atoms with E-state index in [4.69, 9.17) is 0 Å². The molecule has 0 aliphatic rings. The lowest BCUT2D eigenvalue weighted by molar-refractivity contribution is 0.0696. The van der Waals surface area contributed by atoms with Crippen LogP contribution >= 0.6 is 0 Å². The van der Waals surface area contributed by atoms with Crippen molar-refractivity contribution in [1.29, 1.82) is 0 Å². The maximum Gasteiger partial charge on any atom is 0.336 e. The second-order valence-corrected chi connectivity index (χ2v) is 6.36. The molecule has 0 aliphatic carbocycles. The quantitative estimate of drug-likeness (QED) is 0.405. The molecule has 0 radical (unpaired) electrons. The summed E-state index contributed by atoms with van der Waals surface area (Å²) < 4.78 is 1.86. The number of carboxylic acid groups (broad SMARTS) is 1. The molecule has 0 aliphatic heterocycles. The number of nitrogens with zero attached hydrogens (tertiary/aromatic N) is 2. The predicted octanol–water partition coefficient (Wildman–Crippen LogP) is 3.52. The Morgan fingerprint density at radius 1 is 1.00 bits per heavy atom. The van der Waals surface area contributed by atoms with Crippen LogP contribution in [0.4, 0.5) is 0 Å². The topological polar surface area (TPSA) is 116 Å². The number of aromatic hydroxyl groups is 3. The average Bonchev–Trinajstić information content (AvgIpc) is 2.96. The number of aromatic carboxylic acids is 1. The number of phenols is 3. The number of aryl methyl sites for hydroxylation is 1. The minimum absolute atomic E-state index is 0.0506. The number of benzene rings is 2. The first kappa shape index (κ1) is 16.7. The Kier molecular flexibility index (Phi) is 3.49. The van der Waals surface area contributed by atoms with Crippen LogP contribution < -0.4 is 0 Å². The number of carbonyl (C=O) groups is 1. The molecule has 136 valence electrons. The number of rotatable bonds is 2. The number of fused-ring (bicyclic) bond motifs is 3. The van der Waals surface area contributed by atoms with Crippen molar-refractivity contribution in [2.24, 2.45) is 7.05 Å². The van der Waals surface area contributed by atoms with E-state index < -0.39 is 23.2 Å². The largest absolute Gasteiger partial charge is 0.504 e. The zero-order chi connectivity index (χ0) is 19.5. The number of hydrogen-bond acceptors (Lipinski definition) is 5. The third-order valence-corrected chi connectivity index (χ3v) is 4.93. The second kappa shape index (κ2) is 5.63. The van der Waals surface area contributed by atoms with Gasteiger partial charge in [-0.1, -0.05) is 18.2 Å². The smallest absolute Gasteiger partial charge is 0.336 e. The van der Waals surface area contributed by atoms with Crippen molar-refractivity contribution >= 4 is 27.8 Å². The summed E-state index contributed by atoms with van der Waals surface area (Å²) in [4.78, 5) is 16.2. The Hall–Kier alpha value is -3.74. The molecular weight excluding hydrogens is 348 g/mol. The van der Waals surface area contributed by atoms with Gasteiger partial charge in [0, 0.05) is 35.1 Å². The molecule has 2 heterocycles. The highest BCUT2D eigenvalue weighted by molar-refractivity contribution is 6.14. The van der Waals surface area contributed by atoms with E-state index in [0.717, 1.165) is 16.3 Å². The van der Waals surface area contributed by atoms with Crippen molar-refractivity contribution in [3.05, 3.63) is 47.7 Å². The van der Waals surface area contributed by atoms with E-state index in [2.05, 4.69) is 4.98 Å². The van der Waals surface area contributed by atoms with Crippen LogP contribution in [0, 0.1) is 6.92 Å². The van der Waals surface area contributed by atoms with Gasteiger partial charge < -0.3 is 25.0 Å². The molecule has 7 heteroatoms. The first-order chi connectivity index (χ1) is 12.8. The van der Waals surface area contributed by atoms with Crippen LogP contribution in [-0.2, 0) is 7.05 Å². The zero-order valence-electron chi connectivity index (χ0n) is 14.6. The van der Waals surface area contributed by atoms with Crippen molar-refractivity contribution in [2.45, 2.75) is 6.92 Å². The minimum atomic E-state index is -1.34. The lowest BCUT2D eigenvalue weighted by atomic mass is 9.95. The van der Waals surface area contributed by atoms with Crippen molar-refractivity contribution in [3.63, 3.8) is 0 Å². The fraction of sp³-hybridized carbons (Fsp3) is 0.100. The molecule has 7 nitrogen and oxygen atoms in total. The average molecular weight is 364 g/mol. The fourth-order valence-corrected chi connectivity index (χ4v) is 3.64. The van der Waals surface area contributed by atoms with Gasteiger partial charge in [0.1, 0.15) is 0 Å². The van der Waals surface area contributed by atoms with Crippen molar-refractivity contribution < 1.29 is 25.2 Å². The van der Waals surface area contributed by atoms with Gasteiger partial charge in [0.15, 0.2) is 11.5 Å². The maximum atomic E-state index is 11.9. The lowest BCUT2D eigenvalue weighted by Crippen LogP contribution is -2.05. The zero-order valence-corrected chi connectivity index (χ0v) is 14.6. The SMILES string of the molecule is Cc1c(O)c(O)c(O)c(-c2nccc3c4ccccc4n(C)c23)c1C(=O)O. The monoisotopic (exact) mass is 364 g/mol. The van der Waals surface area contributed by atoms with Crippen LogP contribution in [-0.4, -0.2) is 35.9 Å². The molecule has 4 rings (SSSR count). The molecule has 0 atom stereocenters. The highest BCUT2D eigenvalue weighted by Gasteiger charge is 2.29. The fourth-order valence-electron chi connectivity index (χ4n) is 3.64. The maximum absolute atomic E-state index is 11.9. The van der Waals surface area contributed by atoms with Gasteiger partial charge in [0.05, 0.1) is 22.3 Å². The third-order valence-electron chi connectivity index (χ3n) is 4.93. The summed E-state index contributed by atoms with van der Waals surface area (Å²) in [6, 6.07) is 9.48. The molecule has 0 saturated heterocycles. The Labute approximate surface area is 153 Å². The van der Waals surface area contributed by atoms with Crippen LogP contribution in [0.5, 0.6) is 17.2 Å². The summed E-state index contributed by atoms with van der Waals surface area (Å²) >= 11 is 0. The molecule has 2 aromatic heterocycles. The van der Waals surface area contributed by atoms with Gasteiger partial charge in [-0.3, -0.25) is 4.98 Å². The highest BCUT2D eigenvalue weighted by atomic mass is 16.4. The first-order valence-corrected chi connectivity index (χ1v) is 8.17. The Morgan fingerprint density at radius 3 is 2.41 bits per heavy atom. The van der Waals surface area contributed by atoms with Crippen LogP contribution in [0.2, 0.25) is 0 Å². The number of hydrogen-bond donors (Lipinski definition) is 4. The molecule has 0 saturated carbocycles. The molecular formula is C20H16N2O5. The molecule has 4 aromatic rings. The lowest BCUT2D eigenvalue weighted by Gasteiger charge is -2.15. The van der Waals surface area contributed by atoms with Crippen LogP contribution in [0.3, 0.4) is 0 Å². The van der Waals surface area contributed by atoms with Gasteiger partial charge in [-0.25, -0.2) is 4.79 Å². The number of carboxylic acids is 1. The van der Waals surface area contributed by atoms with Crippen molar-refractivity contribution in [3.8, 4) is 28.5 Å². The van der Waals surface area contributed by atoms with Crippen molar-refractivity contribution in [2.75, 3.05) is 0 Å². The molecule has 0 bridgehead atoms. The second-order valence-electron chi connectivity index (χ2n) is 6.36. The molecule has 27 heavy (non-hydrogen) atoms. The Morgan fingerprint density at radius 2 is 1.70 bits per heavy atom. The summed E-state index contributed by atoms with van der Waals surface area (Å²) in [5, 5.41) is 42.0. The molecule has 0 unspecified atom stereocenters. The summed E-state index contributed by atoms with van der Waals surface area (Å²) in [5.74, 6) is -3.51. The van der Waals surface area contributed by atoms with E-state index in [1.165, 1.54) is 13.1 Å². The van der Waals surface area contributed by atoms with Crippen LogP contribution in [0.15, 0.2) is 36.5 Å². The Bertz CT molecular complexity index is 1260. The summed E-state index contributed by atoms with van der Waals surface area (Å²) in [7, 11) is 1.82. The number of aromatic nitrogens is 2. The summed E-state index contributed by atoms with van der Waals surface area (Å²) in [6.07, 6.45) is 1.52. The van der Waals surface area contributed by atoms with Crippen molar-refractivity contribution in [1.82, 2.24) is 9.55 Å².